The van der Waals surface area contributed by atoms with Gasteiger partial charge in [0.05, 0.1) is 18.7 Å². The zero-order chi connectivity index (χ0) is 16.9. The van der Waals surface area contributed by atoms with Crippen LogP contribution in [0, 0.1) is 5.92 Å². The van der Waals surface area contributed by atoms with Crippen LogP contribution in [0.25, 0.3) is 0 Å². The topological polar surface area (TPSA) is 68.2 Å². The van der Waals surface area contributed by atoms with Gasteiger partial charge in [0.1, 0.15) is 5.75 Å². The molecule has 1 aliphatic rings. The molecule has 1 fully saturated rings. The van der Waals surface area contributed by atoms with Crippen molar-refractivity contribution in [1.29, 1.82) is 0 Å². The van der Waals surface area contributed by atoms with Gasteiger partial charge < -0.3 is 15.4 Å². The summed E-state index contributed by atoms with van der Waals surface area (Å²) in [6.45, 7) is 4.66. The predicted octanol–water partition coefficient (Wildman–Crippen LogP) is 1.44. The zero-order valence-electron chi connectivity index (χ0n) is 14.2. The Kier molecular flexibility index (Phi) is 5.15. The standard InChI is InChI=1S/C18H24N4O2/c1-3-24-15-6-4-13(5-7-15)8-20-18(23)17-11-19-10-16(17)14-9-21-22(2)12-14/h4-7,9,12,16-17,19H,3,8,10-11H2,1-2H3,(H,20,23)/t16-,17+/m1/s1. The van der Waals surface area contributed by atoms with E-state index in [9.17, 15) is 4.79 Å². The fourth-order valence-corrected chi connectivity index (χ4v) is 3.13. The Labute approximate surface area is 142 Å². The number of carbonyl (C=O) groups excluding carboxylic acids is 1. The van der Waals surface area contributed by atoms with Crippen LogP contribution >= 0.6 is 0 Å². The number of hydrogen-bond donors (Lipinski definition) is 2. The highest BCUT2D eigenvalue weighted by Gasteiger charge is 2.34. The second-order valence-electron chi connectivity index (χ2n) is 6.11. The molecular formula is C18H24N4O2. The number of aromatic nitrogens is 2. The Bertz CT molecular complexity index is 681. The second-order valence-corrected chi connectivity index (χ2v) is 6.11. The molecule has 1 amide bonds. The first-order valence-corrected chi connectivity index (χ1v) is 8.36. The monoisotopic (exact) mass is 328 g/mol. The summed E-state index contributed by atoms with van der Waals surface area (Å²) in [5, 5.41) is 10.6. The molecule has 2 atom stereocenters. The van der Waals surface area contributed by atoms with Crippen LogP contribution in [0.4, 0.5) is 0 Å². The van der Waals surface area contributed by atoms with Crippen molar-refractivity contribution in [2.24, 2.45) is 13.0 Å². The first kappa shape index (κ1) is 16.5. The molecule has 0 spiro atoms. The summed E-state index contributed by atoms with van der Waals surface area (Å²) < 4.78 is 7.21. The maximum atomic E-state index is 12.6. The molecule has 0 bridgehead atoms. The van der Waals surface area contributed by atoms with Crippen molar-refractivity contribution in [3.05, 3.63) is 47.8 Å². The lowest BCUT2D eigenvalue weighted by molar-refractivity contribution is -0.125. The van der Waals surface area contributed by atoms with Gasteiger partial charge in [-0.2, -0.15) is 5.10 Å². The van der Waals surface area contributed by atoms with Crippen molar-refractivity contribution in [3.63, 3.8) is 0 Å². The smallest absolute Gasteiger partial charge is 0.225 e. The predicted molar refractivity (Wildman–Crippen MR) is 91.8 cm³/mol. The van der Waals surface area contributed by atoms with Crippen molar-refractivity contribution < 1.29 is 9.53 Å². The molecule has 6 nitrogen and oxygen atoms in total. The third-order valence-electron chi connectivity index (χ3n) is 4.41. The van der Waals surface area contributed by atoms with Crippen molar-refractivity contribution in [1.82, 2.24) is 20.4 Å². The van der Waals surface area contributed by atoms with Gasteiger partial charge in [0.25, 0.3) is 0 Å². The molecule has 1 aliphatic heterocycles. The van der Waals surface area contributed by atoms with Crippen LogP contribution in [0.3, 0.4) is 0 Å². The molecule has 1 aromatic carbocycles. The van der Waals surface area contributed by atoms with Gasteiger partial charge in [0.15, 0.2) is 0 Å². The molecule has 3 rings (SSSR count). The Morgan fingerprint density at radius 1 is 1.38 bits per heavy atom. The molecule has 0 aliphatic carbocycles. The zero-order valence-corrected chi connectivity index (χ0v) is 14.2. The summed E-state index contributed by atoms with van der Waals surface area (Å²) >= 11 is 0. The van der Waals surface area contributed by atoms with Gasteiger partial charge in [0, 0.05) is 38.8 Å². The molecule has 128 valence electrons. The van der Waals surface area contributed by atoms with Crippen LogP contribution in [0.2, 0.25) is 0 Å². The highest BCUT2D eigenvalue weighted by Crippen LogP contribution is 2.28. The lowest BCUT2D eigenvalue weighted by Gasteiger charge is -2.17. The molecule has 1 saturated heterocycles. The fourth-order valence-electron chi connectivity index (χ4n) is 3.13. The maximum Gasteiger partial charge on any atom is 0.225 e. The second kappa shape index (κ2) is 7.49. The van der Waals surface area contributed by atoms with E-state index in [-0.39, 0.29) is 17.7 Å². The molecule has 2 heterocycles. The van der Waals surface area contributed by atoms with Crippen molar-refractivity contribution in [2.75, 3.05) is 19.7 Å². The minimum Gasteiger partial charge on any atom is -0.494 e. The largest absolute Gasteiger partial charge is 0.494 e. The number of nitrogens with one attached hydrogen (secondary N) is 2. The summed E-state index contributed by atoms with van der Waals surface area (Å²) in [5.74, 6) is 1.06. The van der Waals surface area contributed by atoms with Gasteiger partial charge in [-0.3, -0.25) is 9.48 Å². The van der Waals surface area contributed by atoms with Crippen molar-refractivity contribution >= 4 is 5.91 Å². The number of rotatable bonds is 6. The summed E-state index contributed by atoms with van der Waals surface area (Å²) in [5.41, 5.74) is 2.18. The van der Waals surface area contributed by atoms with Crippen LogP contribution in [-0.2, 0) is 18.4 Å². The first-order valence-electron chi connectivity index (χ1n) is 8.36. The van der Waals surface area contributed by atoms with Gasteiger partial charge >= 0.3 is 0 Å². The van der Waals surface area contributed by atoms with Gasteiger partial charge in [-0.05, 0) is 30.2 Å². The van der Waals surface area contributed by atoms with E-state index < -0.39 is 0 Å². The number of nitrogens with zero attached hydrogens (tertiary/aromatic N) is 2. The maximum absolute atomic E-state index is 12.6. The molecule has 0 saturated carbocycles. The van der Waals surface area contributed by atoms with Crippen molar-refractivity contribution in [2.45, 2.75) is 19.4 Å². The third-order valence-corrected chi connectivity index (χ3v) is 4.41. The Balaban J connectivity index is 1.57. The number of ether oxygens (including phenoxy) is 1. The van der Waals surface area contributed by atoms with E-state index in [1.165, 1.54) is 0 Å². The van der Waals surface area contributed by atoms with Gasteiger partial charge in [-0.15, -0.1) is 0 Å². The van der Waals surface area contributed by atoms with E-state index in [0.29, 0.717) is 19.7 Å². The van der Waals surface area contributed by atoms with Gasteiger partial charge in [-0.1, -0.05) is 12.1 Å². The summed E-state index contributed by atoms with van der Waals surface area (Å²) in [6, 6.07) is 7.83. The van der Waals surface area contributed by atoms with Crippen LogP contribution in [0.15, 0.2) is 36.7 Å². The highest BCUT2D eigenvalue weighted by molar-refractivity contribution is 5.80. The number of benzene rings is 1. The van der Waals surface area contributed by atoms with E-state index >= 15 is 0 Å². The lowest BCUT2D eigenvalue weighted by Crippen LogP contribution is -2.33. The van der Waals surface area contributed by atoms with Crippen LogP contribution in [0.1, 0.15) is 24.0 Å². The third kappa shape index (κ3) is 3.76. The number of aryl methyl sites for hydroxylation is 1. The Morgan fingerprint density at radius 3 is 2.83 bits per heavy atom. The van der Waals surface area contributed by atoms with Crippen LogP contribution in [0.5, 0.6) is 5.75 Å². The highest BCUT2D eigenvalue weighted by atomic mass is 16.5. The van der Waals surface area contributed by atoms with E-state index in [0.717, 1.165) is 23.4 Å². The van der Waals surface area contributed by atoms with E-state index in [1.54, 1.807) is 4.68 Å². The summed E-state index contributed by atoms with van der Waals surface area (Å²) in [6.07, 6.45) is 3.84. The van der Waals surface area contributed by atoms with Crippen LogP contribution < -0.4 is 15.4 Å². The molecule has 6 heteroatoms. The molecule has 0 unspecified atom stereocenters. The van der Waals surface area contributed by atoms with Gasteiger partial charge in [-0.25, -0.2) is 0 Å². The molecule has 1 aromatic heterocycles. The van der Waals surface area contributed by atoms with Crippen molar-refractivity contribution in [3.8, 4) is 5.75 Å². The number of amides is 1. The van der Waals surface area contributed by atoms with E-state index in [4.69, 9.17) is 4.74 Å². The molecule has 24 heavy (non-hydrogen) atoms. The quantitative estimate of drug-likeness (QED) is 0.842. The minimum absolute atomic E-state index is 0.0584. The van der Waals surface area contributed by atoms with E-state index in [2.05, 4.69) is 15.7 Å². The average Bonchev–Trinajstić information content (AvgIpc) is 3.23. The summed E-state index contributed by atoms with van der Waals surface area (Å²) in [4.78, 5) is 12.6. The minimum atomic E-state index is -0.0584. The first-order chi connectivity index (χ1) is 11.7. The number of hydrogen-bond acceptors (Lipinski definition) is 4. The molecule has 2 aromatic rings. The molecule has 2 N–H and O–H groups in total. The number of carbonyl (C=O) groups is 1. The molecule has 0 radical (unpaired) electrons. The Hall–Kier alpha value is -2.34. The average molecular weight is 328 g/mol. The Morgan fingerprint density at radius 2 is 2.17 bits per heavy atom. The fraction of sp³-hybridized carbons (Fsp3) is 0.444. The van der Waals surface area contributed by atoms with E-state index in [1.807, 2.05) is 50.6 Å². The van der Waals surface area contributed by atoms with Gasteiger partial charge in [0.2, 0.25) is 5.91 Å². The summed E-state index contributed by atoms with van der Waals surface area (Å²) in [7, 11) is 1.90. The van der Waals surface area contributed by atoms with Crippen LogP contribution in [-0.4, -0.2) is 35.4 Å². The SMILES string of the molecule is CCOc1ccc(CNC(=O)[C@H]2CNC[C@@H]2c2cnn(C)c2)cc1. The molecular weight excluding hydrogens is 304 g/mol. The lowest BCUT2D eigenvalue weighted by atomic mass is 9.90. The normalized spacial score (nSPS) is 20.1.